The Kier molecular flexibility index (Phi) is 3.42. The van der Waals surface area contributed by atoms with Crippen molar-refractivity contribution in [1.82, 2.24) is 4.98 Å². The molecule has 2 aromatic heterocycles. The van der Waals surface area contributed by atoms with Crippen LogP contribution in [-0.4, -0.2) is 22.0 Å². The first-order valence-electron chi connectivity index (χ1n) is 5.07. The van der Waals surface area contributed by atoms with Crippen LogP contribution in [0.2, 0.25) is 0 Å². The topological polar surface area (TPSA) is 92.4 Å². The summed E-state index contributed by atoms with van der Waals surface area (Å²) in [6.07, 6.45) is 1.20. The zero-order chi connectivity index (χ0) is 13.1. The maximum absolute atomic E-state index is 11.7. The summed E-state index contributed by atoms with van der Waals surface area (Å²) in [5.41, 5.74) is 0.827. The summed E-state index contributed by atoms with van der Waals surface area (Å²) >= 11 is 1.18. The third kappa shape index (κ3) is 2.95. The van der Waals surface area contributed by atoms with Crippen molar-refractivity contribution < 1.29 is 19.1 Å². The molecule has 2 aromatic rings. The third-order valence-corrected chi connectivity index (χ3v) is 2.90. The van der Waals surface area contributed by atoms with Gasteiger partial charge in [-0.15, -0.1) is 11.3 Å². The Bertz CT molecular complexity index is 587. The molecule has 0 radical (unpaired) electrons. The molecule has 0 spiro atoms. The highest BCUT2D eigenvalue weighted by Crippen LogP contribution is 2.17. The minimum absolute atomic E-state index is 0.156. The number of hydrogen-bond acceptors (Lipinski definition) is 5. The third-order valence-electron chi connectivity index (χ3n) is 2.10. The van der Waals surface area contributed by atoms with E-state index in [0.29, 0.717) is 22.1 Å². The average Bonchev–Trinajstić information content (AvgIpc) is 2.87. The molecule has 2 rings (SSSR count). The van der Waals surface area contributed by atoms with Crippen molar-refractivity contribution in [2.24, 2.45) is 0 Å². The number of thiazole rings is 1. The molecule has 0 bridgehead atoms. The van der Waals surface area contributed by atoms with E-state index >= 15 is 0 Å². The van der Waals surface area contributed by atoms with Gasteiger partial charge in [-0.25, -0.2) is 4.98 Å². The van der Waals surface area contributed by atoms with Crippen molar-refractivity contribution in [2.45, 2.75) is 13.3 Å². The van der Waals surface area contributed by atoms with E-state index < -0.39 is 5.97 Å². The van der Waals surface area contributed by atoms with Crippen LogP contribution in [0.3, 0.4) is 0 Å². The molecule has 6 nitrogen and oxygen atoms in total. The number of carboxylic acid groups (broad SMARTS) is 1. The van der Waals surface area contributed by atoms with Crippen molar-refractivity contribution in [2.75, 3.05) is 5.32 Å². The molecule has 18 heavy (non-hydrogen) atoms. The SMILES string of the molecule is Cc1cc(C(=O)Nc2nc(CC(=O)O)cs2)co1. The molecule has 1 amide bonds. The normalized spacial score (nSPS) is 10.3. The second-order valence-corrected chi connectivity index (χ2v) is 4.47. The monoisotopic (exact) mass is 266 g/mol. The van der Waals surface area contributed by atoms with Gasteiger partial charge in [-0.1, -0.05) is 0 Å². The minimum atomic E-state index is -0.955. The predicted octanol–water partition coefficient (Wildman–Crippen LogP) is 1.92. The molecule has 0 unspecified atom stereocenters. The van der Waals surface area contributed by atoms with Crippen LogP contribution in [0.1, 0.15) is 21.8 Å². The number of aryl methyl sites for hydroxylation is 1. The number of anilines is 1. The van der Waals surface area contributed by atoms with Crippen LogP contribution < -0.4 is 5.32 Å². The van der Waals surface area contributed by atoms with Gasteiger partial charge in [-0.05, 0) is 13.0 Å². The number of furan rings is 1. The van der Waals surface area contributed by atoms with Gasteiger partial charge in [0.15, 0.2) is 5.13 Å². The summed E-state index contributed by atoms with van der Waals surface area (Å²) in [7, 11) is 0. The van der Waals surface area contributed by atoms with Gasteiger partial charge in [-0.2, -0.15) is 0 Å². The molecule has 2 N–H and O–H groups in total. The molecule has 0 atom stereocenters. The number of nitrogens with zero attached hydrogens (tertiary/aromatic N) is 1. The quantitative estimate of drug-likeness (QED) is 0.882. The van der Waals surface area contributed by atoms with E-state index in [1.165, 1.54) is 17.6 Å². The van der Waals surface area contributed by atoms with E-state index in [1.807, 2.05) is 0 Å². The fourth-order valence-electron chi connectivity index (χ4n) is 1.33. The van der Waals surface area contributed by atoms with E-state index in [9.17, 15) is 9.59 Å². The fraction of sp³-hybridized carbons (Fsp3) is 0.182. The second-order valence-electron chi connectivity index (χ2n) is 3.61. The Hall–Kier alpha value is -2.15. The maximum atomic E-state index is 11.7. The van der Waals surface area contributed by atoms with Crippen LogP contribution in [0.15, 0.2) is 22.1 Å². The van der Waals surface area contributed by atoms with Crippen LogP contribution in [-0.2, 0) is 11.2 Å². The number of aliphatic carboxylic acids is 1. The summed E-state index contributed by atoms with van der Waals surface area (Å²) in [4.78, 5) is 26.2. The van der Waals surface area contributed by atoms with E-state index in [-0.39, 0.29) is 12.3 Å². The zero-order valence-corrected chi connectivity index (χ0v) is 10.3. The standard InChI is InChI=1S/C11H10N2O4S/c1-6-2-7(4-17-6)10(16)13-11-12-8(5-18-11)3-9(14)15/h2,4-5H,3H2,1H3,(H,14,15)(H,12,13,16). The summed E-state index contributed by atoms with van der Waals surface area (Å²) in [5.74, 6) is -0.641. The van der Waals surface area contributed by atoms with E-state index in [1.54, 1.807) is 18.4 Å². The lowest BCUT2D eigenvalue weighted by molar-refractivity contribution is -0.136. The van der Waals surface area contributed by atoms with Crippen LogP contribution in [0.25, 0.3) is 0 Å². The van der Waals surface area contributed by atoms with Crippen molar-refractivity contribution in [3.8, 4) is 0 Å². The number of carbonyl (C=O) groups excluding carboxylic acids is 1. The molecule has 0 saturated heterocycles. The van der Waals surface area contributed by atoms with Gasteiger partial charge in [0.1, 0.15) is 12.0 Å². The van der Waals surface area contributed by atoms with E-state index in [2.05, 4.69) is 10.3 Å². The van der Waals surface area contributed by atoms with E-state index in [0.717, 1.165) is 0 Å². The molecular formula is C11H10N2O4S. The van der Waals surface area contributed by atoms with Crippen molar-refractivity contribution in [3.05, 3.63) is 34.7 Å². The first-order valence-corrected chi connectivity index (χ1v) is 5.95. The molecule has 0 aliphatic rings. The molecule has 0 aliphatic carbocycles. The number of carboxylic acids is 1. The highest BCUT2D eigenvalue weighted by atomic mass is 32.1. The number of carbonyl (C=O) groups is 2. The highest BCUT2D eigenvalue weighted by molar-refractivity contribution is 7.14. The summed E-state index contributed by atoms with van der Waals surface area (Å²) in [5, 5.41) is 13.2. The Morgan fingerprint density at radius 3 is 2.94 bits per heavy atom. The molecule has 0 aliphatic heterocycles. The molecule has 0 aromatic carbocycles. The van der Waals surface area contributed by atoms with Gasteiger partial charge in [-0.3, -0.25) is 14.9 Å². The smallest absolute Gasteiger partial charge is 0.309 e. The first-order chi connectivity index (χ1) is 8.54. The summed E-state index contributed by atoms with van der Waals surface area (Å²) < 4.78 is 5.03. The van der Waals surface area contributed by atoms with Gasteiger partial charge < -0.3 is 9.52 Å². The zero-order valence-electron chi connectivity index (χ0n) is 9.47. The summed E-state index contributed by atoms with van der Waals surface area (Å²) in [6.45, 7) is 1.74. The lowest BCUT2D eigenvalue weighted by atomic mass is 10.3. The van der Waals surface area contributed by atoms with Gasteiger partial charge in [0.2, 0.25) is 0 Å². The van der Waals surface area contributed by atoms with Crippen LogP contribution in [0, 0.1) is 6.92 Å². The van der Waals surface area contributed by atoms with Gasteiger partial charge in [0.25, 0.3) is 5.91 Å². The Labute approximate surface area is 106 Å². The molecule has 7 heteroatoms. The number of rotatable bonds is 4. The Morgan fingerprint density at radius 1 is 1.56 bits per heavy atom. The molecule has 2 heterocycles. The molecule has 0 saturated carbocycles. The average molecular weight is 266 g/mol. The Balaban J connectivity index is 2.03. The van der Waals surface area contributed by atoms with Crippen LogP contribution >= 0.6 is 11.3 Å². The second kappa shape index (κ2) is 5.01. The van der Waals surface area contributed by atoms with Crippen molar-refractivity contribution in [3.63, 3.8) is 0 Å². The van der Waals surface area contributed by atoms with Gasteiger partial charge in [0, 0.05) is 5.38 Å². The lowest BCUT2D eigenvalue weighted by Gasteiger charge is -1.97. The number of hydrogen-bond donors (Lipinski definition) is 2. The fourth-order valence-corrected chi connectivity index (χ4v) is 2.04. The van der Waals surface area contributed by atoms with Crippen molar-refractivity contribution >= 4 is 28.3 Å². The molecular weight excluding hydrogens is 256 g/mol. The highest BCUT2D eigenvalue weighted by Gasteiger charge is 2.12. The lowest BCUT2D eigenvalue weighted by Crippen LogP contribution is -2.10. The van der Waals surface area contributed by atoms with E-state index in [4.69, 9.17) is 9.52 Å². The van der Waals surface area contributed by atoms with Crippen LogP contribution in [0.4, 0.5) is 5.13 Å². The van der Waals surface area contributed by atoms with Gasteiger partial charge >= 0.3 is 5.97 Å². The molecule has 0 fully saturated rings. The number of amides is 1. The maximum Gasteiger partial charge on any atom is 0.309 e. The largest absolute Gasteiger partial charge is 0.481 e. The number of nitrogens with one attached hydrogen (secondary N) is 1. The van der Waals surface area contributed by atoms with Crippen molar-refractivity contribution in [1.29, 1.82) is 0 Å². The van der Waals surface area contributed by atoms with Gasteiger partial charge in [0.05, 0.1) is 17.7 Å². The van der Waals surface area contributed by atoms with Crippen LogP contribution in [0.5, 0.6) is 0 Å². The predicted molar refractivity (Wildman–Crippen MR) is 64.9 cm³/mol. The minimum Gasteiger partial charge on any atom is -0.481 e. The number of aromatic nitrogens is 1. The molecule has 94 valence electrons. The Morgan fingerprint density at radius 2 is 2.33 bits per heavy atom. The summed E-state index contributed by atoms with van der Waals surface area (Å²) in [6, 6.07) is 1.61. The first kappa shape index (κ1) is 12.3.